The molecule has 2 rings (SSSR count). The van der Waals surface area contributed by atoms with Gasteiger partial charge in [0, 0.05) is 16.5 Å². The SMILES string of the molecule is CCCOc1ccc(C(=O)c2csc(I)c2)cc1. The van der Waals surface area contributed by atoms with Gasteiger partial charge in [-0.05, 0) is 59.3 Å². The molecule has 1 aromatic heterocycles. The Kier molecular flexibility index (Phi) is 4.77. The minimum absolute atomic E-state index is 0.0659. The molecule has 0 fully saturated rings. The molecule has 4 heteroatoms. The molecule has 0 unspecified atom stereocenters. The van der Waals surface area contributed by atoms with Crippen LogP contribution in [0.4, 0.5) is 0 Å². The molecule has 0 amide bonds. The summed E-state index contributed by atoms with van der Waals surface area (Å²) in [5.41, 5.74) is 1.46. The van der Waals surface area contributed by atoms with Gasteiger partial charge in [0.15, 0.2) is 5.78 Å². The standard InChI is InChI=1S/C14H13IO2S/c1-2-7-17-12-5-3-10(4-6-12)14(16)11-8-13(15)18-9-11/h3-6,8-9H,2,7H2,1H3. The molecule has 94 valence electrons. The lowest BCUT2D eigenvalue weighted by Gasteiger charge is -2.05. The Morgan fingerprint density at radius 3 is 2.56 bits per heavy atom. The molecular formula is C14H13IO2S. The van der Waals surface area contributed by atoms with Gasteiger partial charge in [-0.25, -0.2) is 0 Å². The molecule has 0 radical (unpaired) electrons. The van der Waals surface area contributed by atoms with Crippen LogP contribution in [-0.2, 0) is 0 Å². The minimum atomic E-state index is 0.0659. The number of carbonyl (C=O) groups is 1. The highest BCUT2D eigenvalue weighted by Gasteiger charge is 2.10. The summed E-state index contributed by atoms with van der Waals surface area (Å²) in [7, 11) is 0. The molecule has 18 heavy (non-hydrogen) atoms. The van der Waals surface area contributed by atoms with Crippen molar-refractivity contribution in [2.24, 2.45) is 0 Å². The van der Waals surface area contributed by atoms with Gasteiger partial charge < -0.3 is 4.74 Å². The van der Waals surface area contributed by atoms with E-state index in [2.05, 4.69) is 29.5 Å². The van der Waals surface area contributed by atoms with E-state index in [0.717, 1.165) is 20.6 Å². The molecule has 2 aromatic rings. The average Bonchev–Trinajstić information content (AvgIpc) is 2.83. The van der Waals surface area contributed by atoms with E-state index >= 15 is 0 Å². The fourth-order valence-electron chi connectivity index (χ4n) is 1.52. The number of ether oxygens (including phenoxy) is 1. The lowest BCUT2D eigenvalue weighted by atomic mass is 10.1. The lowest BCUT2D eigenvalue weighted by Crippen LogP contribution is -2.00. The average molecular weight is 372 g/mol. The van der Waals surface area contributed by atoms with Crippen LogP contribution < -0.4 is 4.74 Å². The number of hydrogen-bond donors (Lipinski definition) is 0. The van der Waals surface area contributed by atoms with Gasteiger partial charge >= 0.3 is 0 Å². The third kappa shape index (κ3) is 3.32. The molecular weight excluding hydrogens is 359 g/mol. The first kappa shape index (κ1) is 13.5. The van der Waals surface area contributed by atoms with Crippen molar-refractivity contribution in [3.8, 4) is 5.75 Å². The van der Waals surface area contributed by atoms with Crippen molar-refractivity contribution >= 4 is 39.7 Å². The van der Waals surface area contributed by atoms with Crippen LogP contribution in [-0.4, -0.2) is 12.4 Å². The zero-order valence-corrected chi connectivity index (χ0v) is 13.0. The molecule has 2 nitrogen and oxygen atoms in total. The van der Waals surface area contributed by atoms with Crippen LogP contribution in [0.2, 0.25) is 0 Å². The maximum absolute atomic E-state index is 12.1. The smallest absolute Gasteiger partial charge is 0.193 e. The van der Waals surface area contributed by atoms with Crippen molar-refractivity contribution < 1.29 is 9.53 Å². The van der Waals surface area contributed by atoms with Crippen molar-refractivity contribution in [1.29, 1.82) is 0 Å². The topological polar surface area (TPSA) is 26.3 Å². The third-order valence-corrected chi connectivity index (χ3v) is 4.21. The highest BCUT2D eigenvalue weighted by atomic mass is 127. The van der Waals surface area contributed by atoms with E-state index in [9.17, 15) is 4.79 Å². The van der Waals surface area contributed by atoms with Crippen LogP contribution in [0.1, 0.15) is 29.3 Å². The van der Waals surface area contributed by atoms with Crippen molar-refractivity contribution in [2.75, 3.05) is 6.61 Å². The van der Waals surface area contributed by atoms with Gasteiger partial charge in [0.05, 0.1) is 9.49 Å². The first-order valence-corrected chi connectivity index (χ1v) is 7.68. The molecule has 0 saturated heterocycles. The number of hydrogen-bond acceptors (Lipinski definition) is 3. The number of thiophene rings is 1. The third-order valence-electron chi connectivity index (χ3n) is 2.42. The van der Waals surface area contributed by atoms with Crippen LogP contribution in [0.5, 0.6) is 5.75 Å². The van der Waals surface area contributed by atoms with Crippen molar-refractivity contribution in [3.63, 3.8) is 0 Å². The van der Waals surface area contributed by atoms with Crippen LogP contribution in [0.3, 0.4) is 0 Å². The summed E-state index contributed by atoms with van der Waals surface area (Å²) in [6.45, 7) is 2.77. The van der Waals surface area contributed by atoms with Gasteiger partial charge in [-0.2, -0.15) is 0 Å². The van der Waals surface area contributed by atoms with E-state index in [-0.39, 0.29) is 5.78 Å². The van der Waals surface area contributed by atoms with Crippen molar-refractivity contribution in [2.45, 2.75) is 13.3 Å². The summed E-state index contributed by atoms with van der Waals surface area (Å²) in [6.07, 6.45) is 0.980. The highest BCUT2D eigenvalue weighted by molar-refractivity contribution is 14.1. The normalized spacial score (nSPS) is 10.3. The molecule has 0 N–H and O–H groups in total. The van der Waals surface area contributed by atoms with E-state index < -0.39 is 0 Å². The molecule has 1 heterocycles. The Bertz CT molecular complexity index is 531. The van der Waals surface area contributed by atoms with Crippen molar-refractivity contribution in [3.05, 3.63) is 49.7 Å². The van der Waals surface area contributed by atoms with Gasteiger partial charge in [-0.1, -0.05) is 6.92 Å². The Labute approximate surface area is 124 Å². The number of rotatable bonds is 5. The largest absolute Gasteiger partial charge is 0.494 e. The molecule has 0 aliphatic carbocycles. The molecule has 0 bridgehead atoms. The summed E-state index contributed by atoms with van der Waals surface area (Å²) in [6, 6.07) is 9.24. The van der Waals surface area contributed by atoms with E-state index in [1.807, 2.05) is 35.7 Å². The van der Waals surface area contributed by atoms with Gasteiger partial charge in [0.2, 0.25) is 0 Å². The second-order valence-corrected chi connectivity index (χ2v) is 6.65. The van der Waals surface area contributed by atoms with Gasteiger partial charge in [-0.3, -0.25) is 4.79 Å². The Balaban J connectivity index is 2.12. The molecule has 0 aliphatic heterocycles. The predicted molar refractivity (Wildman–Crippen MR) is 82.7 cm³/mol. The molecule has 0 spiro atoms. The van der Waals surface area contributed by atoms with Gasteiger partial charge in [0.25, 0.3) is 0 Å². The van der Waals surface area contributed by atoms with Gasteiger partial charge in [-0.15, -0.1) is 11.3 Å². The number of halogens is 1. The maximum Gasteiger partial charge on any atom is 0.193 e. The number of carbonyl (C=O) groups excluding carboxylic acids is 1. The lowest BCUT2D eigenvalue weighted by molar-refractivity contribution is 0.103. The van der Waals surface area contributed by atoms with Crippen molar-refractivity contribution in [1.82, 2.24) is 0 Å². The zero-order chi connectivity index (χ0) is 13.0. The Hall–Kier alpha value is -0.880. The summed E-state index contributed by atoms with van der Waals surface area (Å²) < 4.78 is 6.61. The quantitative estimate of drug-likeness (QED) is 0.576. The van der Waals surface area contributed by atoms with E-state index in [0.29, 0.717) is 12.2 Å². The predicted octanol–water partition coefficient (Wildman–Crippen LogP) is 4.37. The Morgan fingerprint density at radius 1 is 1.28 bits per heavy atom. The summed E-state index contributed by atoms with van der Waals surface area (Å²) in [4.78, 5) is 12.1. The molecule has 0 saturated carbocycles. The van der Waals surface area contributed by atoms with Crippen LogP contribution in [0.25, 0.3) is 0 Å². The number of ketones is 1. The monoisotopic (exact) mass is 372 g/mol. The fourth-order valence-corrected chi connectivity index (χ4v) is 2.84. The Morgan fingerprint density at radius 2 is 2.00 bits per heavy atom. The second kappa shape index (κ2) is 6.33. The first-order valence-electron chi connectivity index (χ1n) is 5.72. The minimum Gasteiger partial charge on any atom is -0.494 e. The second-order valence-electron chi connectivity index (χ2n) is 3.84. The van der Waals surface area contributed by atoms with E-state index in [1.54, 1.807) is 11.3 Å². The molecule has 0 atom stereocenters. The van der Waals surface area contributed by atoms with Gasteiger partial charge in [0.1, 0.15) is 5.75 Å². The summed E-state index contributed by atoms with van der Waals surface area (Å²) >= 11 is 3.80. The molecule has 1 aromatic carbocycles. The van der Waals surface area contributed by atoms with Crippen LogP contribution in [0.15, 0.2) is 35.7 Å². The van der Waals surface area contributed by atoms with E-state index in [1.165, 1.54) is 0 Å². The van der Waals surface area contributed by atoms with Crippen LogP contribution in [0, 0.1) is 2.88 Å². The van der Waals surface area contributed by atoms with E-state index in [4.69, 9.17) is 4.74 Å². The highest BCUT2D eigenvalue weighted by Crippen LogP contribution is 2.21. The van der Waals surface area contributed by atoms with Crippen LogP contribution >= 0.6 is 33.9 Å². The zero-order valence-electron chi connectivity index (χ0n) is 9.98. The fraction of sp³-hybridized carbons (Fsp3) is 0.214. The molecule has 0 aliphatic rings. The first-order chi connectivity index (χ1) is 8.70. The number of benzene rings is 1. The maximum atomic E-state index is 12.1. The summed E-state index contributed by atoms with van der Waals surface area (Å²) in [5.74, 6) is 0.879. The summed E-state index contributed by atoms with van der Waals surface area (Å²) in [5, 5.41) is 1.89.